The number of benzene rings is 2. The van der Waals surface area contributed by atoms with E-state index in [4.69, 9.17) is 0 Å². The third-order valence-electron chi connectivity index (χ3n) is 6.01. The molecule has 150 valence electrons. The molecule has 0 fully saturated rings. The first-order chi connectivity index (χ1) is 13.6. The summed E-state index contributed by atoms with van der Waals surface area (Å²) in [6.45, 7) is 4.30. The molecule has 1 aliphatic carbocycles. The Morgan fingerprint density at radius 2 is 1.57 bits per heavy atom. The maximum Gasteiger partial charge on any atom is 0.166 e. The molecule has 2 aromatic carbocycles. The van der Waals surface area contributed by atoms with Crippen molar-refractivity contribution in [1.29, 1.82) is 0 Å². The summed E-state index contributed by atoms with van der Waals surface area (Å²) in [5.41, 5.74) is 4.16. The monoisotopic (exact) mass is 382 g/mol. The van der Waals surface area contributed by atoms with Gasteiger partial charge in [0.15, 0.2) is 11.6 Å². The Bertz CT molecular complexity index is 802. The van der Waals surface area contributed by atoms with Crippen molar-refractivity contribution in [3.8, 4) is 11.1 Å². The molecule has 0 N–H and O–H groups in total. The molecule has 0 saturated heterocycles. The molecule has 0 aromatic heterocycles. The van der Waals surface area contributed by atoms with E-state index >= 15 is 0 Å². The van der Waals surface area contributed by atoms with E-state index in [0.29, 0.717) is 17.5 Å². The van der Waals surface area contributed by atoms with Gasteiger partial charge in [-0.2, -0.15) is 0 Å². The van der Waals surface area contributed by atoms with E-state index in [1.54, 1.807) is 12.1 Å². The van der Waals surface area contributed by atoms with Gasteiger partial charge in [-0.25, -0.2) is 8.78 Å². The largest absolute Gasteiger partial charge is 0.203 e. The smallest absolute Gasteiger partial charge is 0.166 e. The first-order valence-electron chi connectivity index (χ1n) is 10.9. The molecule has 0 nitrogen and oxygen atoms in total. The molecule has 3 rings (SSSR count). The van der Waals surface area contributed by atoms with Crippen LogP contribution < -0.4 is 0 Å². The van der Waals surface area contributed by atoms with E-state index in [1.807, 2.05) is 12.1 Å². The van der Waals surface area contributed by atoms with Crippen molar-refractivity contribution in [2.45, 2.75) is 71.6 Å². The first kappa shape index (κ1) is 20.8. The Hall–Kier alpha value is -1.96. The minimum absolute atomic E-state index is 0.349. The van der Waals surface area contributed by atoms with Crippen molar-refractivity contribution in [3.05, 3.63) is 65.2 Å². The van der Waals surface area contributed by atoms with Crippen LogP contribution in [0.25, 0.3) is 16.7 Å². The highest BCUT2D eigenvalue weighted by Gasteiger charge is 2.17. The van der Waals surface area contributed by atoms with Crippen molar-refractivity contribution >= 4 is 5.57 Å². The number of halogens is 2. The summed E-state index contributed by atoms with van der Waals surface area (Å²) in [7, 11) is 0. The quantitative estimate of drug-likeness (QED) is 0.430. The molecule has 0 saturated carbocycles. The summed E-state index contributed by atoms with van der Waals surface area (Å²) in [4.78, 5) is 0. The van der Waals surface area contributed by atoms with Gasteiger partial charge in [0.1, 0.15) is 0 Å². The summed E-state index contributed by atoms with van der Waals surface area (Å²) in [5, 5.41) is 0. The van der Waals surface area contributed by atoms with E-state index < -0.39 is 11.6 Å². The highest BCUT2D eigenvalue weighted by molar-refractivity contribution is 5.71. The molecule has 1 aliphatic rings. The standard InChI is InChI=1S/C26H32F2/c1-3-5-7-19-9-11-20(12-10-19)21-13-15-22(16-14-21)24-18-17-23(8-6-4-2)25(27)26(24)28/h11,13-19H,3-10,12H2,1-2H3. The third-order valence-corrected chi connectivity index (χ3v) is 6.01. The Labute approximate surface area is 168 Å². The zero-order chi connectivity index (χ0) is 19.9. The second kappa shape index (κ2) is 10.0. The molecule has 2 aromatic rings. The van der Waals surface area contributed by atoms with Gasteiger partial charge in [0.05, 0.1) is 0 Å². The number of hydrogen-bond acceptors (Lipinski definition) is 0. The Balaban J connectivity index is 1.73. The van der Waals surface area contributed by atoms with Crippen molar-refractivity contribution in [1.82, 2.24) is 0 Å². The Morgan fingerprint density at radius 1 is 0.857 bits per heavy atom. The van der Waals surface area contributed by atoms with Gasteiger partial charge in [0, 0.05) is 5.56 Å². The van der Waals surface area contributed by atoms with Gasteiger partial charge in [0.25, 0.3) is 0 Å². The zero-order valence-electron chi connectivity index (χ0n) is 17.2. The number of aryl methyl sites for hydroxylation is 1. The fourth-order valence-corrected chi connectivity index (χ4v) is 4.14. The topological polar surface area (TPSA) is 0 Å². The van der Waals surface area contributed by atoms with E-state index in [2.05, 4.69) is 32.1 Å². The minimum atomic E-state index is -0.725. The molecule has 0 spiro atoms. The average Bonchev–Trinajstić information content (AvgIpc) is 2.74. The molecule has 0 amide bonds. The maximum absolute atomic E-state index is 14.6. The van der Waals surface area contributed by atoms with Gasteiger partial charge in [-0.1, -0.05) is 82.0 Å². The van der Waals surface area contributed by atoms with Gasteiger partial charge in [-0.15, -0.1) is 0 Å². The van der Waals surface area contributed by atoms with E-state index in [1.165, 1.54) is 36.8 Å². The molecular weight excluding hydrogens is 350 g/mol. The van der Waals surface area contributed by atoms with Crippen LogP contribution in [-0.4, -0.2) is 0 Å². The molecule has 1 atom stereocenters. The molecule has 0 heterocycles. The molecule has 0 aliphatic heterocycles. The zero-order valence-corrected chi connectivity index (χ0v) is 17.2. The van der Waals surface area contributed by atoms with Gasteiger partial charge in [-0.3, -0.25) is 0 Å². The first-order valence-corrected chi connectivity index (χ1v) is 10.9. The summed E-state index contributed by atoms with van der Waals surface area (Å²) < 4.78 is 29.0. The van der Waals surface area contributed by atoms with Crippen molar-refractivity contribution in [3.63, 3.8) is 0 Å². The molecule has 2 heteroatoms. The van der Waals surface area contributed by atoms with Crippen LogP contribution in [0.5, 0.6) is 0 Å². The highest BCUT2D eigenvalue weighted by atomic mass is 19.2. The van der Waals surface area contributed by atoms with E-state index in [-0.39, 0.29) is 0 Å². The molecular formula is C26H32F2. The van der Waals surface area contributed by atoms with Gasteiger partial charge in [-0.05, 0) is 60.3 Å². The summed E-state index contributed by atoms with van der Waals surface area (Å²) in [6, 6.07) is 11.4. The van der Waals surface area contributed by atoms with Gasteiger partial charge < -0.3 is 0 Å². The fraction of sp³-hybridized carbons (Fsp3) is 0.462. The van der Waals surface area contributed by atoms with Crippen LogP contribution in [-0.2, 0) is 6.42 Å². The third kappa shape index (κ3) is 4.90. The Kier molecular flexibility index (Phi) is 7.42. The van der Waals surface area contributed by atoms with Crippen LogP contribution in [0.1, 0.15) is 76.3 Å². The molecule has 1 unspecified atom stereocenters. The SMILES string of the molecule is CCCCc1ccc(-c2ccc(C3=CCC(CCCC)CC3)cc2)c(F)c1F. The fourth-order valence-electron chi connectivity index (χ4n) is 4.14. The molecule has 0 bridgehead atoms. The predicted octanol–water partition coefficient (Wildman–Crippen LogP) is 8.35. The van der Waals surface area contributed by atoms with Crippen LogP contribution in [0.3, 0.4) is 0 Å². The van der Waals surface area contributed by atoms with Crippen molar-refractivity contribution in [2.24, 2.45) is 5.92 Å². The predicted molar refractivity (Wildman–Crippen MR) is 115 cm³/mol. The second-order valence-corrected chi connectivity index (χ2v) is 8.09. The normalized spacial score (nSPS) is 16.9. The Morgan fingerprint density at radius 3 is 2.21 bits per heavy atom. The van der Waals surface area contributed by atoms with Crippen LogP contribution in [0.4, 0.5) is 8.78 Å². The lowest BCUT2D eigenvalue weighted by Gasteiger charge is -2.22. The van der Waals surface area contributed by atoms with Crippen molar-refractivity contribution < 1.29 is 8.78 Å². The average molecular weight is 383 g/mol. The number of unbranched alkanes of at least 4 members (excludes halogenated alkanes) is 2. The van der Waals surface area contributed by atoms with Crippen LogP contribution in [0.15, 0.2) is 42.5 Å². The molecule has 28 heavy (non-hydrogen) atoms. The van der Waals surface area contributed by atoms with Crippen molar-refractivity contribution in [2.75, 3.05) is 0 Å². The van der Waals surface area contributed by atoms with Gasteiger partial charge in [0.2, 0.25) is 0 Å². The lowest BCUT2D eigenvalue weighted by molar-refractivity contribution is 0.434. The number of allylic oxidation sites excluding steroid dienone is 2. The molecule has 0 radical (unpaired) electrons. The number of rotatable bonds is 8. The van der Waals surface area contributed by atoms with Crippen LogP contribution in [0.2, 0.25) is 0 Å². The highest BCUT2D eigenvalue weighted by Crippen LogP contribution is 2.34. The van der Waals surface area contributed by atoms with Gasteiger partial charge >= 0.3 is 0 Å². The minimum Gasteiger partial charge on any atom is -0.203 e. The van der Waals surface area contributed by atoms with E-state index in [9.17, 15) is 8.78 Å². The number of hydrogen-bond donors (Lipinski definition) is 0. The maximum atomic E-state index is 14.6. The summed E-state index contributed by atoms with van der Waals surface area (Å²) in [6.07, 6.45) is 12.3. The lowest BCUT2D eigenvalue weighted by atomic mass is 9.84. The lowest BCUT2D eigenvalue weighted by Crippen LogP contribution is -2.05. The van der Waals surface area contributed by atoms with Crippen LogP contribution >= 0.6 is 0 Å². The van der Waals surface area contributed by atoms with Crippen LogP contribution in [0, 0.1) is 17.6 Å². The summed E-state index contributed by atoms with van der Waals surface area (Å²) in [5.74, 6) is -0.591. The summed E-state index contributed by atoms with van der Waals surface area (Å²) >= 11 is 0. The second-order valence-electron chi connectivity index (χ2n) is 8.09. The van der Waals surface area contributed by atoms with E-state index in [0.717, 1.165) is 37.2 Å².